The molecule has 4 aliphatic heterocycles. The number of nitriles is 2. The molecule has 1 radical (unpaired) electrons. The van der Waals surface area contributed by atoms with E-state index < -0.39 is 5.09 Å². The van der Waals surface area contributed by atoms with Crippen molar-refractivity contribution in [3.05, 3.63) is 103 Å². The molecule has 6 atom stereocenters. The number of aliphatic imine (C=N–C) groups is 1. The molecule has 8 N–H and O–H groups in total. The summed E-state index contributed by atoms with van der Waals surface area (Å²) in [6.07, 6.45) is 27.2. The van der Waals surface area contributed by atoms with Gasteiger partial charge in [0.1, 0.15) is 42.5 Å². The number of nitrogens with one attached hydrogen (secondary N) is 3. The van der Waals surface area contributed by atoms with Gasteiger partial charge in [-0.25, -0.2) is 34.9 Å². The SMILES string of the molecule is C.C.C.CCC(n1cc(-c2ncnc3c2ccn3C)cn1)C1(C)CCNC1.Cn1ccc2c(-c3cnn(C(CC#N)C4CCN(C(=S)NCCO)C4)c3)ncnc21.N#CCC(C1CCN(C2=NCCO2)C1)n1cc(-c2ncnc3[nH]ccc23)cn1.NCCO.O=[N+]([O-])O.[Ag]. The molecule has 509 valence electrons. The number of aliphatic hydroxyl groups is 2. The van der Waals surface area contributed by atoms with Gasteiger partial charge in [0, 0.05) is 170 Å². The van der Waals surface area contributed by atoms with Crippen LogP contribution in [0.2, 0.25) is 0 Å². The fourth-order valence-corrected chi connectivity index (χ4v) is 12.5. The molecule has 0 saturated carbocycles. The van der Waals surface area contributed by atoms with E-state index in [1.54, 1.807) is 25.2 Å². The van der Waals surface area contributed by atoms with Crippen LogP contribution in [0.15, 0.2) is 97.9 Å². The number of aromatic amines is 1. The minimum absolute atomic E-state index is 0. The topological polar surface area (TPSA) is 386 Å². The smallest absolute Gasteiger partial charge is 0.291 e. The van der Waals surface area contributed by atoms with Crippen molar-refractivity contribution in [3.63, 3.8) is 0 Å². The minimum Gasteiger partial charge on any atom is -0.463 e. The summed E-state index contributed by atoms with van der Waals surface area (Å²) in [6.45, 7) is 12.4. The number of hydrogen-bond donors (Lipinski definition) is 7. The first-order valence-electron chi connectivity index (χ1n) is 29.8. The average molecular weight is 1410 g/mol. The van der Waals surface area contributed by atoms with Crippen LogP contribution in [-0.4, -0.2) is 194 Å². The second kappa shape index (κ2) is 36.0. The molecule has 0 spiro atoms. The van der Waals surface area contributed by atoms with Gasteiger partial charge in [-0.2, -0.15) is 25.8 Å². The van der Waals surface area contributed by atoms with Gasteiger partial charge in [0.25, 0.3) is 11.1 Å². The zero-order chi connectivity index (χ0) is 63.7. The Morgan fingerprint density at radius 1 is 0.819 bits per heavy atom. The predicted molar refractivity (Wildman–Crippen MR) is 358 cm³/mol. The normalized spacial score (nSPS) is 17.8. The van der Waals surface area contributed by atoms with Crippen molar-refractivity contribution in [1.82, 2.24) is 93.8 Å². The molecule has 0 aromatic carbocycles. The number of thiocarbonyl (C=S) groups is 1. The molecule has 6 unspecified atom stereocenters. The van der Waals surface area contributed by atoms with Crippen LogP contribution in [0.25, 0.3) is 66.9 Å². The largest absolute Gasteiger partial charge is 0.463 e. The molecule has 3 saturated heterocycles. The van der Waals surface area contributed by atoms with Crippen LogP contribution < -0.4 is 16.4 Å². The van der Waals surface area contributed by atoms with Gasteiger partial charge in [0.15, 0.2) is 5.11 Å². The minimum atomic E-state index is -1.50. The summed E-state index contributed by atoms with van der Waals surface area (Å²) in [6, 6.07) is 11.8. The van der Waals surface area contributed by atoms with Gasteiger partial charge in [0.2, 0.25) is 0 Å². The van der Waals surface area contributed by atoms with Crippen LogP contribution >= 0.6 is 12.2 Å². The van der Waals surface area contributed by atoms with Gasteiger partial charge >= 0.3 is 0 Å². The molecular formula is C62H88AgN24O6S. The Morgan fingerprint density at radius 2 is 1.34 bits per heavy atom. The molecule has 13 rings (SSSR count). The third-order valence-electron chi connectivity index (χ3n) is 16.7. The van der Waals surface area contributed by atoms with E-state index in [0.29, 0.717) is 49.6 Å². The molecule has 3 fully saturated rings. The van der Waals surface area contributed by atoms with E-state index in [9.17, 15) is 10.5 Å². The van der Waals surface area contributed by atoms with Crippen molar-refractivity contribution in [2.75, 3.05) is 78.7 Å². The number of fused-ring (bicyclic) bond motifs is 3. The maximum atomic E-state index is 9.42. The summed E-state index contributed by atoms with van der Waals surface area (Å²) >= 11 is 5.42. The summed E-state index contributed by atoms with van der Waals surface area (Å²) in [4.78, 5) is 46.6. The Hall–Kier alpha value is -8.79. The second-order valence-corrected chi connectivity index (χ2v) is 22.8. The molecule has 30 nitrogen and oxygen atoms in total. The van der Waals surface area contributed by atoms with E-state index >= 15 is 0 Å². The van der Waals surface area contributed by atoms with Gasteiger partial charge in [0.05, 0.1) is 98.5 Å². The molecule has 0 aliphatic carbocycles. The Morgan fingerprint density at radius 3 is 1.84 bits per heavy atom. The number of aryl methyl sites for hydroxylation is 2. The number of likely N-dealkylation sites (tertiary alicyclic amines) is 2. The van der Waals surface area contributed by atoms with Crippen LogP contribution in [0.1, 0.15) is 92.8 Å². The van der Waals surface area contributed by atoms with Crippen LogP contribution in [0.3, 0.4) is 0 Å². The molecule has 13 heterocycles. The number of ether oxygens (including phenoxy) is 1. The van der Waals surface area contributed by atoms with E-state index in [4.69, 9.17) is 48.2 Å². The fraction of sp³-hybridized carbons (Fsp3) is 0.500. The molecule has 0 bridgehead atoms. The quantitative estimate of drug-likeness (QED) is 0.0242. The van der Waals surface area contributed by atoms with Crippen LogP contribution in [-0.2, 0) is 41.2 Å². The van der Waals surface area contributed by atoms with E-state index in [1.165, 1.54) is 6.42 Å². The molecule has 9 aromatic heterocycles. The summed E-state index contributed by atoms with van der Waals surface area (Å²) in [5.41, 5.74) is 13.2. The van der Waals surface area contributed by atoms with Gasteiger partial charge in [-0.1, -0.05) is 36.1 Å². The Labute approximate surface area is 567 Å². The summed E-state index contributed by atoms with van der Waals surface area (Å²) in [7, 11) is 3.96. The van der Waals surface area contributed by atoms with Crippen LogP contribution in [0.4, 0.5) is 0 Å². The van der Waals surface area contributed by atoms with Crippen molar-refractivity contribution in [3.8, 4) is 45.9 Å². The summed E-state index contributed by atoms with van der Waals surface area (Å²) < 4.78 is 15.5. The monoisotopic (exact) mass is 1400 g/mol. The number of amidine groups is 1. The van der Waals surface area contributed by atoms with Gasteiger partial charge < -0.3 is 60.4 Å². The molecule has 32 heteroatoms. The summed E-state index contributed by atoms with van der Waals surface area (Å²) in [5, 5.41) is 73.3. The first-order valence-corrected chi connectivity index (χ1v) is 30.2. The first-order chi connectivity index (χ1) is 43.7. The molecule has 4 aliphatic rings. The van der Waals surface area contributed by atoms with Gasteiger partial charge in [-0.15, -0.1) is 10.1 Å². The van der Waals surface area contributed by atoms with Gasteiger partial charge in [-0.05, 0) is 62.6 Å². The number of H-pyrrole nitrogens is 1. The zero-order valence-electron chi connectivity index (χ0n) is 51.1. The van der Waals surface area contributed by atoms with Gasteiger partial charge in [-0.3, -0.25) is 14.0 Å². The molecule has 0 amide bonds. The molecular weight excluding hydrogens is 1320 g/mol. The fourth-order valence-electron chi connectivity index (χ4n) is 12.2. The number of aliphatic hydroxyl groups excluding tert-OH is 2. The third-order valence-corrected chi connectivity index (χ3v) is 17.1. The summed E-state index contributed by atoms with van der Waals surface area (Å²) in [5.74, 6) is 0.574. The van der Waals surface area contributed by atoms with Crippen molar-refractivity contribution in [2.24, 2.45) is 42.1 Å². The molecule has 94 heavy (non-hydrogen) atoms. The van der Waals surface area contributed by atoms with E-state index in [2.05, 4.69) is 119 Å². The standard InChI is InChI=1S/C20H24N8OS.C19H20N8O.C18H24N6.C2H7NO.3CH4.Ag.HNO3/c1-26-7-4-16-18(23-13-24-19(16)26)15-10-25-28(12-15)17(2-5-21)14-3-8-27(11-14)20(30)22-6-9-29;20-4-1-16(13-3-7-26(10-13)19-22-6-8-28-19)27-11-14(9-25-27)17-15-2-5-21-18(15)24-12-23-17;1-4-15(18(2)6-7-19-11-18)24-10-13(9-22-24)16-14-5-8-23(3)17(14)21-12-20-16;3-1-2-4;;;;;2-1(3)4/h4,7,10,12-14,17,29H,2-3,6,8-9,11H2,1H3,(H,22,30);2,5,9,11-13,16H,1,3,6-8,10H2,(H,21,23,24);5,8-10,12,15,19H,4,6-7,11H2,1-3H3;4H,1-3H2;3*1H4;;(H,2,3,4). The number of rotatable bonds is 15. The van der Waals surface area contributed by atoms with Crippen LogP contribution in [0, 0.1) is 50.0 Å². The Balaban J connectivity index is 0.000000237. The number of hydrogen-bond acceptors (Lipinski definition) is 21. The van der Waals surface area contributed by atoms with Crippen molar-refractivity contribution < 1.29 is 47.6 Å². The maximum absolute atomic E-state index is 9.42. The zero-order valence-corrected chi connectivity index (χ0v) is 53.4. The van der Waals surface area contributed by atoms with Crippen molar-refractivity contribution >= 4 is 56.5 Å². The second-order valence-electron chi connectivity index (χ2n) is 22.4. The van der Waals surface area contributed by atoms with E-state index in [1.807, 2.05) is 88.1 Å². The van der Waals surface area contributed by atoms with Crippen LogP contribution in [0.5, 0.6) is 0 Å². The van der Waals surface area contributed by atoms with Crippen molar-refractivity contribution in [2.45, 2.75) is 92.8 Å². The Kier molecular flexibility index (Phi) is 29.1. The molecule has 9 aromatic rings. The van der Waals surface area contributed by atoms with E-state index in [-0.39, 0.29) is 81.3 Å². The first kappa shape index (κ1) is 75.9. The maximum Gasteiger partial charge on any atom is 0.291 e. The predicted octanol–water partition coefficient (Wildman–Crippen LogP) is 6.74. The van der Waals surface area contributed by atoms with Crippen molar-refractivity contribution in [1.29, 1.82) is 10.5 Å². The number of nitrogens with two attached hydrogens (primary N) is 1. The third kappa shape index (κ3) is 17.9. The Bertz CT molecular complexity index is 3950. The number of aromatic nitrogens is 15. The number of nitrogens with zero attached hydrogens (tertiary/aromatic N) is 20. The van der Waals surface area contributed by atoms with E-state index in [0.717, 1.165) is 138 Å². The average Bonchev–Trinajstić information content (AvgIpc) is 1.65.